The molecule has 0 radical (unpaired) electrons. The van der Waals surface area contributed by atoms with Gasteiger partial charge in [0.25, 0.3) is 0 Å². The minimum Gasteiger partial charge on any atom is -0.300 e. The van der Waals surface area contributed by atoms with Crippen molar-refractivity contribution >= 4 is 5.78 Å². The van der Waals surface area contributed by atoms with E-state index in [0.717, 1.165) is 32.1 Å². The molecule has 1 aliphatic carbocycles. The van der Waals surface area contributed by atoms with Gasteiger partial charge in [-0.1, -0.05) is 13.0 Å². The highest BCUT2D eigenvalue weighted by Crippen LogP contribution is 2.37. The normalized spacial score (nSPS) is 30.2. The zero-order valence-corrected chi connectivity index (χ0v) is 7.94. The molecule has 0 N–H and O–H groups in total. The molecule has 1 atom stereocenters. The maximum atomic E-state index is 11.2. The minimum absolute atomic E-state index is 0.281. The van der Waals surface area contributed by atoms with Gasteiger partial charge in [0, 0.05) is 12.8 Å². The monoisotopic (exact) mass is 166 g/mol. The maximum absolute atomic E-state index is 11.2. The van der Waals surface area contributed by atoms with Crippen LogP contribution in [0.4, 0.5) is 0 Å². The van der Waals surface area contributed by atoms with Gasteiger partial charge in [0.05, 0.1) is 0 Å². The van der Waals surface area contributed by atoms with Crippen molar-refractivity contribution < 1.29 is 4.79 Å². The van der Waals surface area contributed by atoms with Crippen LogP contribution in [0.5, 0.6) is 0 Å². The molecule has 1 nitrogen and oxygen atoms in total. The lowest BCUT2D eigenvalue weighted by atomic mass is 9.72. The first-order valence-electron chi connectivity index (χ1n) is 4.79. The molecule has 12 heavy (non-hydrogen) atoms. The second kappa shape index (κ2) is 3.88. The molecular weight excluding hydrogens is 148 g/mol. The summed E-state index contributed by atoms with van der Waals surface area (Å²) in [4.78, 5) is 11.2. The fraction of sp³-hybridized carbons (Fsp3) is 0.727. The summed E-state index contributed by atoms with van der Waals surface area (Å²) in [6.07, 6.45) is 8.03. The summed E-state index contributed by atoms with van der Waals surface area (Å²) in [5.74, 6) is 0.452. The Morgan fingerprint density at radius 2 is 2.42 bits per heavy atom. The Hall–Kier alpha value is -0.590. The van der Waals surface area contributed by atoms with E-state index in [4.69, 9.17) is 0 Å². The van der Waals surface area contributed by atoms with E-state index >= 15 is 0 Å². The van der Waals surface area contributed by atoms with Gasteiger partial charge in [0.2, 0.25) is 0 Å². The van der Waals surface area contributed by atoms with E-state index in [2.05, 4.69) is 13.5 Å². The molecule has 0 aromatic carbocycles. The van der Waals surface area contributed by atoms with Crippen LogP contribution in [-0.2, 0) is 4.79 Å². The van der Waals surface area contributed by atoms with Gasteiger partial charge < -0.3 is 0 Å². The summed E-state index contributed by atoms with van der Waals surface area (Å²) in [5, 5.41) is 0. The number of carbonyl (C=O) groups is 1. The second-order valence-electron chi connectivity index (χ2n) is 4.21. The van der Waals surface area contributed by atoms with Crippen molar-refractivity contribution in [2.75, 3.05) is 0 Å². The largest absolute Gasteiger partial charge is 0.300 e. The smallest absolute Gasteiger partial charge is 0.133 e. The topological polar surface area (TPSA) is 17.1 Å². The van der Waals surface area contributed by atoms with Gasteiger partial charge in [-0.05, 0) is 31.1 Å². The molecule has 1 rings (SSSR count). The van der Waals surface area contributed by atoms with Gasteiger partial charge in [0.1, 0.15) is 5.78 Å². The van der Waals surface area contributed by atoms with Crippen LogP contribution in [0.3, 0.4) is 0 Å². The number of carbonyl (C=O) groups excluding carboxylic acids is 1. The molecule has 1 fully saturated rings. The lowest BCUT2D eigenvalue weighted by Gasteiger charge is -2.32. The van der Waals surface area contributed by atoms with E-state index in [-0.39, 0.29) is 5.41 Å². The van der Waals surface area contributed by atoms with Crippen molar-refractivity contribution in [2.45, 2.75) is 45.4 Å². The molecule has 1 heteroatoms. The van der Waals surface area contributed by atoms with Gasteiger partial charge in [-0.15, -0.1) is 6.58 Å². The van der Waals surface area contributed by atoms with E-state index in [1.165, 1.54) is 6.42 Å². The highest BCUT2D eigenvalue weighted by Gasteiger charge is 2.29. The zero-order valence-electron chi connectivity index (χ0n) is 7.94. The Bertz CT molecular complexity index is 183. The highest BCUT2D eigenvalue weighted by molar-refractivity contribution is 5.79. The third kappa shape index (κ3) is 2.47. The van der Waals surface area contributed by atoms with E-state index in [0.29, 0.717) is 5.78 Å². The lowest BCUT2D eigenvalue weighted by molar-refractivity contribution is -0.123. The predicted octanol–water partition coefficient (Wildman–Crippen LogP) is 3.10. The van der Waals surface area contributed by atoms with Crippen LogP contribution >= 0.6 is 0 Å². The predicted molar refractivity (Wildman–Crippen MR) is 51.0 cm³/mol. The van der Waals surface area contributed by atoms with Crippen LogP contribution in [-0.4, -0.2) is 5.78 Å². The quantitative estimate of drug-likeness (QED) is 0.589. The van der Waals surface area contributed by atoms with Gasteiger partial charge in [-0.3, -0.25) is 4.79 Å². The highest BCUT2D eigenvalue weighted by atomic mass is 16.1. The third-order valence-corrected chi connectivity index (χ3v) is 2.81. The van der Waals surface area contributed by atoms with Gasteiger partial charge in [-0.25, -0.2) is 0 Å². The summed E-state index contributed by atoms with van der Waals surface area (Å²) in [6.45, 7) is 5.94. The Kier molecular flexibility index (Phi) is 3.07. The first kappa shape index (κ1) is 9.50. The SMILES string of the molecule is C=CCC[C@]1(C)CCCC(=O)C1. The molecular formula is C11H18O. The zero-order chi connectivity index (χ0) is 9.03. The first-order chi connectivity index (χ1) is 5.66. The van der Waals surface area contributed by atoms with Crippen molar-refractivity contribution in [3.63, 3.8) is 0 Å². The average Bonchev–Trinajstić information content (AvgIpc) is 2.01. The molecule has 0 aliphatic heterocycles. The Morgan fingerprint density at radius 3 is 3.00 bits per heavy atom. The number of hydrogen-bond acceptors (Lipinski definition) is 1. The van der Waals surface area contributed by atoms with Gasteiger partial charge in [0.15, 0.2) is 0 Å². The molecule has 0 heterocycles. The molecule has 0 saturated heterocycles. The summed E-state index contributed by atoms with van der Waals surface area (Å²) >= 11 is 0. The van der Waals surface area contributed by atoms with Crippen LogP contribution in [0.1, 0.15) is 45.4 Å². The standard InChI is InChI=1S/C11H18O/c1-3-4-7-11(2)8-5-6-10(12)9-11/h3H,1,4-9H2,2H3/t11-/m1/s1. The Balaban J connectivity index is 2.45. The van der Waals surface area contributed by atoms with Gasteiger partial charge >= 0.3 is 0 Å². The Labute approximate surface area is 74.9 Å². The summed E-state index contributed by atoms with van der Waals surface area (Å²) in [6, 6.07) is 0. The number of allylic oxidation sites excluding steroid dienone is 1. The van der Waals surface area contributed by atoms with Crippen LogP contribution < -0.4 is 0 Å². The van der Waals surface area contributed by atoms with Crippen molar-refractivity contribution in [3.8, 4) is 0 Å². The van der Waals surface area contributed by atoms with Crippen molar-refractivity contribution in [3.05, 3.63) is 12.7 Å². The molecule has 0 unspecified atom stereocenters. The van der Waals surface area contributed by atoms with E-state index < -0.39 is 0 Å². The summed E-state index contributed by atoms with van der Waals surface area (Å²) in [5.41, 5.74) is 0.281. The molecule has 1 aliphatic rings. The maximum Gasteiger partial charge on any atom is 0.133 e. The van der Waals surface area contributed by atoms with Crippen molar-refractivity contribution in [1.29, 1.82) is 0 Å². The fourth-order valence-corrected chi connectivity index (χ4v) is 2.03. The molecule has 0 aromatic rings. The fourth-order valence-electron chi connectivity index (χ4n) is 2.03. The average molecular weight is 166 g/mol. The third-order valence-electron chi connectivity index (χ3n) is 2.81. The number of Topliss-reactive ketones (excluding diaryl/α,β-unsaturated/α-hetero) is 1. The molecule has 0 aromatic heterocycles. The number of rotatable bonds is 3. The molecule has 0 amide bonds. The van der Waals surface area contributed by atoms with E-state index in [1.54, 1.807) is 0 Å². The number of hydrogen-bond donors (Lipinski definition) is 0. The molecule has 1 saturated carbocycles. The van der Waals surface area contributed by atoms with E-state index in [9.17, 15) is 4.79 Å². The molecule has 68 valence electrons. The first-order valence-corrected chi connectivity index (χ1v) is 4.79. The summed E-state index contributed by atoms with van der Waals surface area (Å²) < 4.78 is 0. The van der Waals surface area contributed by atoms with Crippen molar-refractivity contribution in [1.82, 2.24) is 0 Å². The van der Waals surface area contributed by atoms with Crippen LogP contribution in [0.25, 0.3) is 0 Å². The lowest BCUT2D eigenvalue weighted by Crippen LogP contribution is -2.25. The number of ketones is 1. The van der Waals surface area contributed by atoms with Crippen LogP contribution in [0.2, 0.25) is 0 Å². The Morgan fingerprint density at radius 1 is 1.67 bits per heavy atom. The second-order valence-corrected chi connectivity index (χ2v) is 4.21. The van der Waals surface area contributed by atoms with Crippen molar-refractivity contribution in [2.24, 2.45) is 5.41 Å². The van der Waals surface area contributed by atoms with Crippen LogP contribution in [0.15, 0.2) is 12.7 Å². The van der Waals surface area contributed by atoms with E-state index in [1.807, 2.05) is 6.08 Å². The molecule has 0 spiro atoms. The van der Waals surface area contributed by atoms with Crippen LogP contribution in [0, 0.1) is 5.41 Å². The summed E-state index contributed by atoms with van der Waals surface area (Å²) in [7, 11) is 0. The minimum atomic E-state index is 0.281. The van der Waals surface area contributed by atoms with Gasteiger partial charge in [-0.2, -0.15) is 0 Å². The molecule has 0 bridgehead atoms.